The van der Waals surface area contributed by atoms with Crippen molar-refractivity contribution in [2.24, 2.45) is 0 Å². The predicted molar refractivity (Wildman–Crippen MR) is 254 cm³/mol. The molecule has 4 aromatic rings. The molecule has 0 bridgehead atoms. The Morgan fingerprint density at radius 3 is 1.38 bits per heavy atom. The van der Waals surface area contributed by atoms with Gasteiger partial charge in [0.15, 0.2) is 5.78 Å². The zero-order valence-electron chi connectivity index (χ0n) is 37.0. The van der Waals surface area contributed by atoms with E-state index < -0.39 is 44.0 Å². The summed E-state index contributed by atoms with van der Waals surface area (Å²) in [6.45, 7) is 5.68. The topological polar surface area (TPSA) is 185 Å². The average Bonchev–Trinajstić information content (AvgIpc) is 3.31. The molecule has 17 nitrogen and oxygen atoms in total. The lowest BCUT2D eigenvalue weighted by Crippen LogP contribution is -2.59. The van der Waals surface area contributed by atoms with Crippen LogP contribution in [0.2, 0.25) is 10.0 Å². The minimum Gasteiger partial charge on any atom is -0.465 e. The van der Waals surface area contributed by atoms with Crippen LogP contribution in [0.25, 0.3) is 0 Å². The number of piperazine rings is 2. The van der Waals surface area contributed by atoms with E-state index in [1.54, 1.807) is 48.5 Å². The quantitative estimate of drug-likeness (QED) is 0.178. The molecule has 4 aromatic carbocycles. The number of methoxy groups -OCH3 is 2. The second-order valence-corrected chi connectivity index (χ2v) is 19.9. The van der Waals surface area contributed by atoms with E-state index in [-0.39, 0.29) is 52.7 Å². The second kappa shape index (κ2) is 24.9. The second-order valence-electron chi connectivity index (χ2n) is 15.4. The number of hydrogen-bond donors (Lipinski definition) is 1. The first-order valence-electron chi connectivity index (χ1n) is 20.9. The minimum atomic E-state index is -3.94. The van der Waals surface area contributed by atoms with E-state index in [0.717, 1.165) is 12.1 Å². The van der Waals surface area contributed by atoms with Gasteiger partial charge in [-0.15, -0.1) is 12.4 Å². The molecule has 0 aliphatic carbocycles. The van der Waals surface area contributed by atoms with Crippen LogP contribution >= 0.6 is 35.6 Å². The van der Waals surface area contributed by atoms with E-state index in [1.165, 1.54) is 55.7 Å². The van der Waals surface area contributed by atoms with Crippen LogP contribution in [0.4, 0.5) is 20.2 Å². The van der Waals surface area contributed by atoms with Gasteiger partial charge in [-0.25, -0.2) is 18.4 Å². The van der Waals surface area contributed by atoms with Crippen LogP contribution < -0.4 is 13.9 Å². The van der Waals surface area contributed by atoms with E-state index in [0.29, 0.717) is 107 Å². The predicted octanol–water partition coefficient (Wildman–Crippen LogP) is 4.96. The number of nitrogens with zero attached hydrogens (tertiary/aromatic N) is 5. The maximum atomic E-state index is 13.8. The van der Waals surface area contributed by atoms with Gasteiger partial charge >= 0.3 is 32.4 Å². The lowest BCUT2D eigenvalue weighted by atomic mass is 10.1. The Balaban J connectivity index is 0.000000228. The molecule has 4 fully saturated rings. The number of carbonyl (C=O) groups is 3. The Morgan fingerprint density at radius 2 is 1.06 bits per heavy atom. The fraction of sp³-hybridized carbons (Fsp3) is 0.386. The summed E-state index contributed by atoms with van der Waals surface area (Å²) in [5, 5.41) is 2.79. The largest absolute Gasteiger partial charge is 0.465 e. The third-order valence-corrected chi connectivity index (χ3v) is 15.4. The van der Waals surface area contributed by atoms with Crippen LogP contribution in [0.1, 0.15) is 31.8 Å². The van der Waals surface area contributed by atoms with Crippen LogP contribution in [0.3, 0.4) is 0 Å². The molecule has 0 saturated carbocycles. The van der Waals surface area contributed by atoms with Crippen molar-refractivity contribution in [3.8, 4) is 0 Å². The van der Waals surface area contributed by atoms with Crippen molar-refractivity contribution in [2.75, 3.05) is 102 Å². The highest BCUT2D eigenvalue weighted by Crippen LogP contribution is 2.30. The van der Waals surface area contributed by atoms with Crippen molar-refractivity contribution >= 4 is 85.1 Å². The molecule has 0 atom stereocenters. The first-order valence-corrected chi connectivity index (χ1v) is 24.5. The number of halogens is 5. The van der Waals surface area contributed by atoms with Gasteiger partial charge in [0.05, 0.1) is 79.1 Å². The number of ether oxygens (including phenoxy) is 4. The number of benzene rings is 4. The average molecular weight is 1050 g/mol. The highest BCUT2D eigenvalue weighted by Gasteiger charge is 2.37. The molecule has 0 unspecified atom stereocenters. The van der Waals surface area contributed by atoms with Crippen LogP contribution in [0.15, 0.2) is 84.9 Å². The monoisotopic (exact) mass is 1050 g/mol. The van der Waals surface area contributed by atoms with Crippen LogP contribution in [0, 0.1) is 11.6 Å². The molecule has 0 aromatic heterocycles. The summed E-state index contributed by atoms with van der Waals surface area (Å²) in [6, 6.07) is 20.9. The summed E-state index contributed by atoms with van der Waals surface area (Å²) in [5.41, 5.74) is 2.53. The fourth-order valence-corrected chi connectivity index (χ4v) is 10.6. The first kappa shape index (κ1) is 54.4. The van der Waals surface area contributed by atoms with Crippen molar-refractivity contribution in [1.82, 2.24) is 18.8 Å². The molecular formula is C44H51Cl3F2N6O11S2. The number of esters is 2. The summed E-state index contributed by atoms with van der Waals surface area (Å²) in [4.78, 5) is 35.3. The smallest absolute Gasteiger partial charge is 0.337 e. The Kier molecular flexibility index (Phi) is 19.9. The van der Waals surface area contributed by atoms with Gasteiger partial charge in [0.25, 0.3) is 0 Å². The van der Waals surface area contributed by atoms with Crippen molar-refractivity contribution in [3.63, 3.8) is 0 Å². The van der Waals surface area contributed by atoms with Gasteiger partial charge in [-0.1, -0.05) is 47.5 Å². The number of anilines is 2. The summed E-state index contributed by atoms with van der Waals surface area (Å²) in [7, 11) is -5.24. The van der Waals surface area contributed by atoms with E-state index in [9.17, 15) is 40.0 Å². The van der Waals surface area contributed by atoms with Gasteiger partial charge in [-0.3, -0.25) is 18.3 Å². The minimum absolute atomic E-state index is 0. The molecule has 68 heavy (non-hydrogen) atoms. The van der Waals surface area contributed by atoms with E-state index in [2.05, 4.69) is 19.7 Å². The number of hydrogen-bond acceptors (Lipinski definition) is 13. The number of ketones is 1. The Morgan fingerprint density at radius 1 is 0.662 bits per heavy atom. The number of Topliss-reactive ketones (excluding diaryl/α,β-unsaturated/α-hetero) is 1. The zero-order valence-corrected chi connectivity index (χ0v) is 41.0. The lowest BCUT2D eigenvalue weighted by Gasteiger charge is -2.43. The molecule has 0 amide bonds. The standard InChI is InChI=1S/C22H25ClFN3O5S.C19H21ClFN3O4S.C3H4O2.ClH/c1-31-22(28)17-4-2-16(3-5-17)13-27(18-6-7-21(24)20(23)12-18)33(29,30)26-10-8-25(9-11-26)19-14-32-15-19;1-28-19(25)15-4-2-14(3-5-15)13-24(16-6-7-18(21)17(20)12-16)29(26,27)23-10-8-22-9-11-23;4-3-1-5-2-3;/h2-7,12,19H,8-11,13-15H2,1H3;2-7,12,22H,8-11,13H2,1H3;1-2H2;1H. The van der Waals surface area contributed by atoms with Gasteiger partial charge in [0.2, 0.25) is 0 Å². The highest BCUT2D eigenvalue weighted by atomic mass is 35.5. The fourth-order valence-electron chi connectivity index (χ4n) is 7.03. The van der Waals surface area contributed by atoms with Gasteiger partial charge in [-0.2, -0.15) is 25.4 Å². The molecular weight excluding hydrogens is 997 g/mol. The van der Waals surface area contributed by atoms with E-state index in [1.807, 2.05) is 0 Å². The van der Waals surface area contributed by atoms with Gasteiger partial charge < -0.3 is 24.3 Å². The zero-order chi connectivity index (χ0) is 48.3. The maximum Gasteiger partial charge on any atom is 0.337 e. The Labute approximate surface area is 410 Å². The molecule has 4 saturated heterocycles. The third kappa shape index (κ3) is 13.8. The third-order valence-electron chi connectivity index (χ3n) is 11.0. The van der Waals surface area contributed by atoms with Crippen molar-refractivity contribution in [3.05, 3.63) is 129 Å². The van der Waals surface area contributed by atoms with E-state index in [4.69, 9.17) is 32.7 Å². The van der Waals surface area contributed by atoms with E-state index >= 15 is 0 Å². The lowest BCUT2D eigenvalue weighted by molar-refractivity contribution is -0.140. The molecule has 0 spiro atoms. The van der Waals surface area contributed by atoms with Crippen LogP contribution in [-0.2, 0) is 57.3 Å². The Hall–Kier alpha value is -4.52. The summed E-state index contributed by atoms with van der Waals surface area (Å²) >= 11 is 11.9. The SMILES string of the molecule is COC(=O)c1ccc(CN(c2ccc(F)c(Cl)c2)S(=O)(=O)N2CCN(C3COC3)CC2)cc1.COC(=O)c1ccc(CN(c2ccc(F)c(Cl)c2)S(=O)(=O)N2CCNCC2)cc1.Cl.O=C1COC1. The van der Waals surface area contributed by atoms with Crippen LogP contribution in [0.5, 0.6) is 0 Å². The molecule has 0 radical (unpaired) electrons. The van der Waals surface area contributed by atoms with Gasteiger partial charge in [0.1, 0.15) is 24.8 Å². The van der Waals surface area contributed by atoms with Crippen molar-refractivity contribution in [1.29, 1.82) is 0 Å². The maximum absolute atomic E-state index is 13.8. The molecule has 4 heterocycles. The number of nitrogens with one attached hydrogen (secondary N) is 1. The summed E-state index contributed by atoms with van der Waals surface area (Å²) in [5.74, 6) is -2.00. The number of rotatable bonds is 13. The molecule has 4 aliphatic rings. The molecule has 8 rings (SSSR count). The normalized spacial score (nSPS) is 16.8. The molecule has 24 heteroatoms. The summed E-state index contributed by atoms with van der Waals surface area (Å²) in [6.07, 6.45) is 0. The Bertz CT molecular complexity index is 2580. The number of carbonyl (C=O) groups excluding carboxylic acids is 3. The summed E-state index contributed by atoms with van der Waals surface area (Å²) < 4.78 is 106. The molecule has 1 N–H and O–H groups in total. The van der Waals surface area contributed by atoms with Crippen molar-refractivity contribution in [2.45, 2.75) is 19.1 Å². The van der Waals surface area contributed by atoms with Gasteiger partial charge in [-0.05, 0) is 71.8 Å². The highest BCUT2D eigenvalue weighted by molar-refractivity contribution is 7.90. The first-order chi connectivity index (χ1) is 32.0. The molecule has 370 valence electrons. The van der Waals surface area contributed by atoms with Crippen LogP contribution in [-0.4, -0.2) is 147 Å². The van der Waals surface area contributed by atoms with Gasteiger partial charge in [0, 0.05) is 52.4 Å². The van der Waals surface area contributed by atoms with Crippen molar-refractivity contribution < 1.29 is 58.9 Å². The molecule has 4 aliphatic heterocycles.